The monoisotopic (exact) mass is 385 g/mol. The third-order valence-corrected chi connectivity index (χ3v) is 5.59. The van der Waals surface area contributed by atoms with Gasteiger partial charge in [0, 0.05) is 30.0 Å². The topological polar surface area (TPSA) is 91.7 Å². The van der Waals surface area contributed by atoms with E-state index < -0.39 is 0 Å². The summed E-state index contributed by atoms with van der Waals surface area (Å²) in [7, 11) is 3.02. The molecule has 2 aromatic rings. The van der Waals surface area contributed by atoms with Crippen LogP contribution in [0.5, 0.6) is 11.5 Å². The molecule has 2 heterocycles. The highest BCUT2D eigenvalue weighted by atomic mass is 32.1. The van der Waals surface area contributed by atoms with Crippen LogP contribution in [0.4, 0.5) is 5.00 Å². The number of hydrogen-bond donors (Lipinski definition) is 1. The first-order chi connectivity index (χ1) is 13.0. The van der Waals surface area contributed by atoms with Crippen LogP contribution in [0.25, 0.3) is 0 Å². The average Bonchev–Trinajstić information content (AvgIpc) is 3.03. The summed E-state index contributed by atoms with van der Waals surface area (Å²) < 4.78 is 10.4. The van der Waals surface area contributed by atoms with Crippen molar-refractivity contribution < 1.29 is 19.1 Å². The molecule has 1 aromatic carbocycles. The Labute approximate surface area is 161 Å². The van der Waals surface area contributed by atoms with Crippen LogP contribution in [0.1, 0.15) is 33.3 Å². The number of ether oxygens (including phenoxy) is 2. The molecule has 1 N–H and O–H groups in total. The van der Waals surface area contributed by atoms with Gasteiger partial charge in [-0.15, -0.1) is 11.3 Å². The summed E-state index contributed by atoms with van der Waals surface area (Å²) in [6, 6.07) is 7.08. The number of benzene rings is 1. The molecule has 0 saturated heterocycles. The second kappa shape index (κ2) is 7.68. The molecule has 27 heavy (non-hydrogen) atoms. The third-order valence-electron chi connectivity index (χ3n) is 4.45. The van der Waals surface area contributed by atoms with Gasteiger partial charge in [-0.05, 0) is 24.1 Å². The van der Waals surface area contributed by atoms with Crippen LogP contribution in [-0.2, 0) is 17.8 Å². The quantitative estimate of drug-likeness (QED) is 0.874. The molecule has 2 amide bonds. The lowest BCUT2D eigenvalue weighted by molar-refractivity contribution is -0.129. The Morgan fingerprint density at radius 1 is 1.22 bits per heavy atom. The zero-order valence-corrected chi connectivity index (χ0v) is 16.1. The lowest BCUT2D eigenvalue weighted by Gasteiger charge is -2.25. The predicted molar refractivity (Wildman–Crippen MR) is 101 cm³/mol. The molecule has 0 unspecified atom stereocenters. The number of methoxy groups -OCH3 is 2. The molecule has 0 radical (unpaired) electrons. The molecule has 0 fully saturated rings. The number of anilines is 1. The maximum Gasteiger partial charge on any atom is 0.256 e. The number of nitriles is 1. The number of thiophene rings is 1. The molecule has 0 bridgehead atoms. The number of rotatable bonds is 4. The average molecular weight is 385 g/mol. The number of hydrogen-bond acceptors (Lipinski definition) is 6. The van der Waals surface area contributed by atoms with Crippen LogP contribution in [-0.4, -0.2) is 37.5 Å². The maximum absolute atomic E-state index is 12.7. The Morgan fingerprint density at radius 3 is 2.44 bits per heavy atom. The molecule has 0 atom stereocenters. The first-order valence-corrected chi connectivity index (χ1v) is 9.13. The third kappa shape index (κ3) is 3.73. The molecule has 8 heteroatoms. The van der Waals surface area contributed by atoms with E-state index in [1.807, 2.05) is 0 Å². The summed E-state index contributed by atoms with van der Waals surface area (Å²) in [4.78, 5) is 27.0. The Hall–Kier alpha value is -3.05. The molecule has 1 aliphatic rings. The lowest BCUT2D eigenvalue weighted by Crippen LogP contribution is -2.33. The van der Waals surface area contributed by atoms with Crippen molar-refractivity contribution in [2.45, 2.75) is 19.9 Å². The Bertz CT molecular complexity index is 923. The second-order valence-corrected chi connectivity index (χ2v) is 7.17. The fourth-order valence-corrected chi connectivity index (χ4v) is 4.20. The molecule has 1 aliphatic heterocycles. The molecule has 1 aromatic heterocycles. The number of fused-ring (bicyclic) bond motifs is 1. The van der Waals surface area contributed by atoms with Gasteiger partial charge in [0.25, 0.3) is 5.91 Å². The number of carbonyl (C=O) groups excluding carboxylic acids is 2. The van der Waals surface area contributed by atoms with E-state index in [4.69, 9.17) is 9.47 Å². The van der Waals surface area contributed by atoms with Crippen molar-refractivity contribution in [3.8, 4) is 17.6 Å². The highest BCUT2D eigenvalue weighted by Gasteiger charge is 2.26. The van der Waals surface area contributed by atoms with E-state index in [0.29, 0.717) is 47.1 Å². The van der Waals surface area contributed by atoms with Gasteiger partial charge in [0.2, 0.25) is 5.91 Å². The van der Waals surface area contributed by atoms with E-state index in [2.05, 4.69) is 11.4 Å². The van der Waals surface area contributed by atoms with Crippen molar-refractivity contribution in [3.63, 3.8) is 0 Å². The first-order valence-electron chi connectivity index (χ1n) is 8.31. The summed E-state index contributed by atoms with van der Waals surface area (Å²) >= 11 is 1.34. The lowest BCUT2D eigenvalue weighted by atomic mass is 10.0. The van der Waals surface area contributed by atoms with Gasteiger partial charge in [0.1, 0.15) is 22.6 Å². The largest absolute Gasteiger partial charge is 0.497 e. The van der Waals surface area contributed by atoms with Gasteiger partial charge in [0.15, 0.2) is 0 Å². The Kier molecular flexibility index (Phi) is 5.33. The van der Waals surface area contributed by atoms with Crippen molar-refractivity contribution in [1.82, 2.24) is 4.90 Å². The fourth-order valence-electron chi connectivity index (χ4n) is 2.99. The number of amides is 2. The van der Waals surface area contributed by atoms with Crippen molar-refractivity contribution in [2.24, 2.45) is 0 Å². The van der Waals surface area contributed by atoms with E-state index in [-0.39, 0.29) is 11.8 Å². The molecule has 3 rings (SSSR count). The van der Waals surface area contributed by atoms with E-state index in [9.17, 15) is 14.9 Å². The summed E-state index contributed by atoms with van der Waals surface area (Å²) in [5.41, 5.74) is 1.76. The zero-order chi connectivity index (χ0) is 19.6. The highest BCUT2D eigenvalue weighted by molar-refractivity contribution is 7.16. The number of nitrogens with one attached hydrogen (secondary N) is 1. The van der Waals surface area contributed by atoms with Gasteiger partial charge in [0.05, 0.1) is 26.3 Å². The van der Waals surface area contributed by atoms with Crippen LogP contribution in [0.15, 0.2) is 18.2 Å². The Morgan fingerprint density at radius 2 is 1.89 bits per heavy atom. The second-order valence-electron chi connectivity index (χ2n) is 6.07. The summed E-state index contributed by atoms with van der Waals surface area (Å²) in [6.45, 7) is 2.57. The van der Waals surface area contributed by atoms with Crippen molar-refractivity contribution in [3.05, 3.63) is 39.8 Å². The minimum absolute atomic E-state index is 0.00150. The van der Waals surface area contributed by atoms with Gasteiger partial charge in [-0.1, -0.05) is 0 Å². The van der Waals surface area contributed by atoms with Crippen LogP contribution < -0.4 is 14.8 Å². The molecule has 0 spiro atoms. The minimum atomic E-state index is -0.356. The zero-order valence-electron chi connectivity index (χ0n) is 15.3. The molecule has 0 saturated carbocycles. The summed E-state index contributed by atoms with van der Waals surface area (Å²) in [6.07, 6.45) is 0.608. The van der Waals surface area contributed by atoms with Crippen molar-refractivity contribution in [2.75, 3.05) is 26.1 Å². The van der Waals surface area contributed by atoms with E-state index in [1.54, 1.807) is 23.1 Å². The van der Waals surface area contributed by atoms with Gasteiger partial charge in [-0.2, -0.15) is 5.26 Å². The van der Waals surface area contributed by atoms with Crippen LogP contribution in [0.2, 0.25) is 0 Å². The SMILES string of the molecule is COc1cc(OC)cc(C(=O)Nc2sc3c(c2C#N)CCN(C(C)=O)C3)c1. The van der Waals surface area contributed by atoms with E-state index >= 15 is 0 Å². The maximum atomic E-state index is 12.7. The molecule has 0 aliphatic carbocycles. The van der Waals surface area contributed by atoms with E-state index in [0.717, 1.165) is 10.4 Å². The van der Waals surface area contributed by atoms with Crippen LogP contribution >= 0.6 is 11.3 Å². The standard InChI is InChI=1S/C19H19N3O4S/c1-11(23)22-5-4-15-16(9-20)19(27-17(15)10-22)21-18(24)12-6-13(25-2)8-14(7-12)26-3/h6-8H,4-5,10H2,1-3H3,(H,21,24). The first kappa shape index (κ1) is 18.7. The van der Waals surface area contributed by atoms with Crippen LogP contribution in [0, 0.1) is 11.3 Å². The predicted octanol–water partition coefficient (Wildman–Crippen LogP) is 2.79. The number of nitrogens with zero attached hydrogens (tertiary/aromatic N) is 2. The van der Waals surface area contributed by atoms with Crippen LogP contribution in [0.3, 0.4) is 0 Å². The molecular weight excluding hydrogens is 366 g/mol. The highest BCUT2D eigenvalue weighted by Crippen LogP contribution is 2.37. The molecule has 140 valence electrons. The molecule has 7 nitrogen and oxygen atoms in total. The molecular formula is C19H19N3O4S. The van der Waals surface area contributed by atoms with Gasteiger partial charge >= 0.3 is 0 Å². The van der Waals surface area contributed by atoms with Gasteiger partial charge in [-0.25, -0.2) is 0 Å². The van der Waals surface area contributed by atoms with Gasteiger partial charge < -0.3 is 19.7 Å². The smallest absolute Gasteiger partial charge is 0.256 e. The number of carbonyl (C=O) groups is 2. The summed E-state index contributed by atoms with van der Waals surface area (Å²) in [5, 5.41) is 12.9. The van der Waals surface area contributed by atoms with Crippen molar-refractivity contribution in [1.29, 1.82) is 5.26 Å². The van der Waals surface area contributed by atoms with Gasteiger partial charge in [-0.3, -0.25) is 9.59 Å². The fraction of sp³-hybridized carbons (Fsp3) is 0.316. The van der Waals surface area contributed by atoms with Crippen molar-refractivity contribution >= 4 is 28.2 Å². The minimum Gasteiger partial charge on any atom is -0.497 e. The van der Waals surface area contributed by atoms with E-state index in [1.165, 1.54) is 32.5 Å². The normalized spacial score (nSPS) is 12.7. The Balaban J connectivity index is 1.89. The summed E-state index contributed by atoms with van der Waals surface area (Å²) in [5.74, 6) is 0.650.